The zero-order valence-corrected chi connectivity index (χ0v) is 19.1. The summed E-state index contributed by atoms with van der Waals surface area (Å²) in [5.41, 5.74) is 2.12. The van der Waals surface area contributed by atoms with Crippen LogP contribution in [0.2, 0.25) is 0 Å². The van der Waals surface area contributed by atoms with Crippen molar-refractivity contribution in [2.75, 3.05) is 31.6 Å². The number of carbonyl (C=O) groups is 2. The number of anilines is 1. The molecular formula is C25H33N3O4. The van der Waals surface area contributed by atoms with Crippen molar-refractivity contribution in [2.45, 2.75) is 45.4 Å². The molecule has 1 unspecified atom stereocenters. The van der Waals surface area contributed by atoms with Gasteiger partial charge in [0.25, 0.3) is 0 Å². The van der Waals surface area contributed by atoms with Crippen LogP contribution < -0.4 is 10.6 Å². The number of ether oxygens (including phenoxy) is 2. The Kier molecular flexibility index (Phi) is 8.25. The van der Waals surface area contributed by atoms with Crippen LogP contribution in [0.25, 0.3) is 0 Å². The van der Waals surface area contributed by atoms with Crippen molar-refractivity contribution >= 4 is 17.7 Å². The molecule has 7 nitrogen and oxygen atoms in total. The van der Waals surface area contributed by atoms with E-state index in [2.05, 4.69) is 15.5 Å². The Balaban J connectivity index is 1.68. The quantitative estimate of drug-likeness (QED) is 0.689. The smallest absolute Gasteiger partial charge is 0.408 e. The van der Waals surface area contributed by atoms with E-state index in [1.54, 1.807) is 20.8 Å². The van der Waals surface area contributed by atoms with E-state index in [0.717, 1.165) is 44.0 Å². The van der Waals surface area contributed by atoms with Crippen LogP contribution in [-0.2, 0) is 27.2 Å². The van der Waals surface area contributed by atoms with Crippen molar-refractivity contribution in [1.82, 2.24) is 10.2 Å². The number of carbonyl (C=O) groups excluding carboxylic acids is 2. The second-order valence-corrected chi connectivity index (χ2v) is 8.97. The van der Waals surface area contributed by atoms with Crippen LogP contribution in [0.4, 0.5) is 10.5 Å². The molecule has 1 fully saturated rings. The number of alkyl carbamates (subject to hydrolysis) is 1. The molecule has 0 saturated carbocycles. The largest absolute Gasteiger partial charge is 0.444 e. The lowest BCUT2D eigenvalue weighted by molar-refractivity contribution is -0.118. The van der Waals surface area contributed by atoms with E-state index in [-0.39, 0.29) is 5.91 Å². The molecular weight excluding hydrogens is 406 g/mol. The van der Waals surface area contributed by atoms with Crippen molar-refractivity contribution in [3.05, 3.63) is 65.7 Å². The summed E-state index contributed by atoms with van der Waals surface area (Å²) in [5, 5.41) is 5.68. The Morgan fingerprint density at radius 1 is 1.03 bits per heavy atom. The van der Waals surface area contributed by atoms with E-state index in [4.69, 9.17) is 9.47 Å². The zero-order chi connectivity index (χ0) is 23.0. The lowest BCUT2D eigenvalue weighted by atomic mass is 10.1. The van der Waals surface area contributed by atoms with Gasteiger partial charge in [-0.15, -0.1) is 0 Å². The molecule has 1 heterocycles. The molecule has 3 rings (SSSR count). The SMILES string of the molecule is CC(C)(C)OC(=O)NC(Cc1ccccc1)C(=O)Nc1cccc(CN2CCOCC2)c1. The predicted octanol–water partition coefficient (Wildman–Crippen LogP) is 3.59. The Morgan fingerprint density at radius 3 is 2.41 bits per heavy atom. The molecule has 7 heteroatoms. The maximum atomic E-state index is 13.1. The molecule has 1 aliphatic rings. The van der Waals surface area contributed by atoms with Gasteiger partial charge in [-0.2, -0.15) is 0 Å². The maximum Gasteiger partial charge on any atom is 0.408 e. The summed E-state index contributed by atoms with van der Waals surface area (Å²) < 4.78 is 10.8. The Morgan fingerprint density at radius 2 is 1.72 bits per heavy atom. The minimum absolute atomic E-state index is 0.289. The van der Waals surface area contributed by atoms with Crippen molar-refractivity contribution < 1.29 is 19.1 Å². The first-order valence-electron chi connectivity index (χ1n) is 11.0. The second-order valence-electron chi connectivity index (χ2n) is 8.97. The molecule has 0 spiro atoms. The third-order valence-corrected chi connectivity index (χ3v) is 4.99. The van der Waals surface area contributed by atoms with E-state index < -0.39 is 17.7 Å². The Bertz CT molecular complexity index is 890. The first-order chi connectivity index (χ1) is 15.3. The highest BCUT2D eigenvalue weighted by Gasteiger charge is 2.25. The molecule has 0 aromatic heterocycles. The molecule has 1 atom stereocenters. The first-order valence-corrected chi connectivity index (χ1v) is 11.0. The fraction of sp³-hybridized carbons (Fsp3) is 0.440. The van der Waals surface area contributed by atoms with Gasteiger partial charge in [0.15, 0.2) is 0 Å². The average molecular weight is 440 g/mol. The first kappa shape index (κ1) is 23.8. The van der Waals surface area contributed by atoms with Gasteiger partial charge in [-0.25, -0.2) is 4.79 Å². The highest BCUT2D eigenvalue weighted by molar-refractivity contribution is 5.96. The molecule has 0 aliphatic carbocycles. The summed E-state index contributed by atoms with van der Waals surface area (Å²) in [6, 6.07) is 16.6. The van der Waals surface area contributed by atoms with Gasteiger partial charge in [-0.1, -0.05) is 42.5 Å². The molecule has 2 aromatic rings. The summed E-state index contributed by atoms with van der Waals surface area (Å²) in [6.45, 7) is 9.46. The van der Waals surface area contributed by atoms with Crippen molar-refractivity contribution in [2.24, 2.45) is 0 Å². The summed E-state index contributed by atoms with van der Waals surface area (Å²) in [6.07, 6.45) is -0.256. The van der Waals surface area contributed by atoms with Crippen LogP contribution in [0.3, 0.4) is 0 Å². The van der Waals surface area contributed by atoms with Crippen LogP contribution in [-0.4, -0.2) is 54.8 Å². The van der Waals surface area contributed by atoms with E-state index >= 15 is 0 Å². The van der Waals surface area contributed by atoms with Crippen LogP contribution >= 0.6 is 0 Å². The standard InChI is InChI=1S/C25H33N3O4/c1-25(2,3)32-24(30)27-22(17-19-8-5-4-6-9-19)23(29)26-21-11-7-10-20(16-21)18-28-12-14-31-15-13-28/h4-11,16,22H,12-15,17-18H2,1-3H3,(H,26,29)(H,27,30). The van der Waals surface area contributed by atoms with Gasteiger partial charge in [0, 0.05) is 31.7 Å². The molecule has 1 aliphatic heterocycles. The fourth-order valence-corrected chi connectivity index (χ4v) is 3.50. The van der Waals surface area contributed by atoms with E-state index in [0.29, 0.717) is 12.1 Å². The van der Waals surface area contributed by atoms with E-state index in [1.807, 2.05) is 54.6 Å². The molecule has 2 aromatic carbocycles. The molecule has 0 radical (unpaired) electrons. The summed E-state index contributed by atoms with van der Waals surface area (Å²) in [7, 11) is 0. The number of amides is 2. The number of nitrogens with one attached hydrogen (secondary N) is 2. The second kappa shape index (κ2) is 11.1. The van der Waals surface area contributed by atoms with Gasteiger partial charge < -0.3 is 20.1 Å². The van der Waals surface area contributed by atoms with Gasteiger partial charge in [-0.3, -0.25) is 9.69 Å². The third-order valence-electron chi connectivity index (χ3n) is 4.99. The number of benzene rings is 2. The van der Waals surface area contributed by atoms with Crippen LogP contribution in [0.5, 0.6) is 0 Å². The molecule has 172 valence electrons. The monoisotopic (exact) mass is 439 g/mol. The molecule has 0 bridgehead atoms. The summed E-state index contributed by atoms with van der Waals surface area (Å²) in [4.78, 5) is 27.8. The van der Waals surface area contributed by atoms with Gasteiger partial charge in [0.1, 0.15) is 11.6 Å². The number of rotatable bonds is 7. The topological polar surface area (TPSA) is 79.9 Å². The summed E-state index contributed by atoms with van der Waals surface area (Å²) in [5.74, 6) is -0.289. The third kappa shape index (κ3) is 7.98. The fourth-order valence-electron chi connectivity index (χ4n) is 3.50. The van der Waals surface area contributed by atoms with Gasteiger partial charge >= 0.3 is 6.09 Å². The van der Waals surface area contributed by atoms with Gasteiger partial charge in [0.2, 0.25) is 5.91 Å². The van der Waals surface area contributed by atoms with Gasteiger partial charge in [0.05, 0.1) is 13.2 Å². The van der Waals surface area contributed by atoms with Gasteiger partial charge in [-0.05, 0) is 44.0 Å². The maximum absolute atomic E-state index is 13.1. The number of hydrogen-bond acceptors (Lipinski definition) is 5. The predicted molar refractivity (Wildman–Crippen MR) is 124 cm³/mol. The highest BCUT2D eigenvalue weighted by Crippen LogP contribution is 2.15. The lowest BCUT2D eigenvalue weighted by Gasteiger charge is -2.26. The van der Waals surface area contributed by atoms with Crippen LogP contribution in [0, 0.1) is 0 Å². The molecule has 2 amide bonds. The van der Waals surface area contributed by atoms with E-state index in [1.165, 1.54) is 0 Å². The number of morpholine rings is 1. The molecule has 32 heavy (non-hydrogen) atoms. The highest BCUT2D eigenvalue weighted by atomic mass is 16.6. The molecule has 2 N–H and O–H groups in total. The summed E-state index contributed by atoms with van der Waals surface area (Å²) >= 11 is 0. The average Bonchev–Trinajstić information content (AvgIpc) is 2.74. The normalized spacial score (nSPS) is 15.6. The number of nitrogens with zero attached hydrogens (tertiary/aromatic N) is 1. The zero-order valence-electron chi connectivity index (χ0n) is 19.1. The Hall–Kier alpha value is -2.90. The molecule has 1 saturated heterocycles. The Labute approximate surface area is 190 Å². The minimum atomic E-state index is -0.768. The van der Waals surface area contributed by atoms with Crippen LogP contribution in [0.1, 0.15) is 31.9 Å². The number of hydrogen-bond donors (Lipinski definition) is 2. The van der Waals surface area contributed by atoms with Crippen molar-refractivity contribution in [3.63, 3.8) is 0 Å². The minimum Gasteiger partial charge on any atom is -0.444 e. The van der Waals surface area contributed by atoms with E-state index in [9.17, 15) is 9.59 Å². The van der Waals surface area contributed by atoms with Crippen molar-refractivity contribution in [3.8, 4) is 0 Å². The van der Waals surface area contributed by atoms with Crippen molar-refractivity contribution in [1.29, 1.82) is 0 Å². The van der Waals surface area contributed by atoms with Crippen LogP contribution in [0.15, 0.2) is 54.6 Å². The lowest BCUT2D eigenvalue weighted by Crippen LogP contribution is -2.47.